The van der Waals surface area contributed by atoms with Gasteiger partial charge in [-0.15, -0.1) is 0 Å². The SMILES string of the molecule is Fc1ccc(CCN2CC[CH]CC2)cc1. The number of benzene rings is 1. The highest BCUT2D eigenvalue weighted by molar-refractivity contribution is 5.16. The number of hydrogen-bond acceptors (Lipinski definition) is 1. The summed E-state index contributed by atoms with van der Waals surface area (Å²) in [4.78, 5) is 2.48. The van der Waals surface area contributed by atoms with E-state index in [0.29, 0.717) is 0 Å². The van der Waals surface area contributed by atoms with Gasteiger partial charge in [-0.25, -0.2) is 4.39 Å². The summed E-state index contributed by atoms with van der Waals surface area (Å²) in [6, 6.07) is 6.84. The maximum atomic E-state index is 12.7. The van der Waals surface area contributed by atoms with Gasteiger partial charge in [-0.1, -0.05) is 12.1 Å². The Morgan fingerprint density at radius 1 is 1.07 bits per heavy atom. The zero-order valence-electron chi connectivity index (χ0n) is 8.95. The fourth-order valence-electron chi connectivity index (χ4n) is 1.97. The quantitative estimate of drug-likeness (QED) is 0.735. The average molecular weight is 206 g/mol. The molecular weight excluding hydrogens is 189 g/mol. The zero-order valence-corrected chi connectivity index (χ0v) is 8.95. The molecule has 0 aliphatic carbocycles. The summed E-state index contributed by atoms with van der Waals surface area (Å²) >= 11 is 0. The van der Waals surface area contributed by atoms with Gasteiger partial charge in [0.15, 0.2) is 0 Å². The standard InChI is InChI=1S/C13H17FN/c14-13-6-4-12(5-7-13)8-11-15-9-2-1-3-10-15/h1,4-7H,2-3,8-11H2. The minimum Gasteiger partial charge on any atom is -0.303 e. The maximum absolute atomic E-state index is 12.7. The highest BCUT2D eigenvalue weighted by atomic mass is 19.1. The number of nitrogens with zero attached hydrogens (tertiary/aromatic N) is 1. The van der Waals surface area contributed by atoms with E-state index in [4.69, 9.17) is 0 Å². The normalized spacial score (nSPS) is 17.9. The van der Waals surface area contributed by atoms with Crippen molar-refractivity contribution in [3.63, 3.8) is 0 Å². The molecule has 1 saturated heterocycles. The summed E-state index contributed by atoms with van der Waals surface area (Å²) in [6.45, 7) is 3.46. The number of hydrogen-bond donors (Lipinski definition) is 0. The van der Waals surface area contributed by atoms with Crippen molar-refractivity contribution < 1.29 is 4.39 Å². The van der Waals surface area contributed by atoms with Crippen molar-refractivity contribution >= 4 is 0 Å². The van der Waals surface area contributed by atoms with Crippen molar-refractivity contribution in [2.45, 2.75) is 19.3 Å². The number of piperidine rings is 1. The lowest BCUT2D eigenvalue weighted by molar-refractivity contribution is 0.257. The molecule has 1 heterocycles. The van der Waals surface area contributed by atoms with Crippen LogP contribution >= 0.6 is 0 Å². The molecule has 0 atom stereocenters. The molecule has 0 spiro atoms. The first kappa shape index (κ1) is 10.6. The molecule has 15 heavy (non-hydrogen) atoms. The molecule has 1 fully saturated rings. The molecule has 0 saturated carbocycles. The molecular formula is C13H17FN. The lowest BCUT2D eigenvalue weighted by Gasteiger charge is -2.26. The van der Waals surface area contributed by atoms with Crippen LogP contribution in [0, 0.1) is 12.2 Å². The number of rotatable bonds is 3. The van der Waals surface area contributed by atoms with Crippen molar-refractivity contribution in [3.8, 4) is 0 Å². The average Bonchev–Trinajstić information content (AvgIpc) is 2.30. The molecule has 0 unspecified atom stereocenters. The maximum Gasteiger partial charge on any atom is 0.123 e. The molecule has 0 aromatic heterocycles. The first-order valence-electron chi connectivity index (χ1n) is 5.63. The lowest BCUT2D eigenvalue weighted by atomic mass is 10.1. The topological polar surface area (TPSA) is 3.24 Å². The van der Waals surface area contributed by atoms with Crippen LogP contribution in [0.5, 0.6) is 0 Å². The summed E-state index contributed by atoms with van der Waals surface area (Å²) in [7, 11) is 0. The van der Waals surface area contributed by atoms with Crippen LogP contribution in [0.15, 0.2) is 24.3 Å². The zero-order chi connectivity index (χ0) is 10.5. The third-order valence-electron chi connectivity index (χ3n) is 2.93. The molecule has 1 aromatic carbocycles. The monoisotopic (exact) mass is 206 g/mol. The second-order valence-electron chi connectivity index (χ2n) is 4.08. The van der Waals surface area contributed by atoms with Crippen molar-refractivity contribution in [1.29, 1.82) is 0 Å². The molecule has 0 bridgehead atoms. The van der Waals surface area contributed by atoms with Gasteiger partial charge in [0.1, 0.15) is 5.82 Å². The highest BCUT2D eigenvalue weighted by Crippen LogP contribution is 2.09. The van der Waals surface area contributed by atoms with Crippen LogP contribution in [-0.2, 0) is 6.42 Å². The first-order chi connectivity index (χ1) is 7.34. The fraction of sp³-hybridized carbons (Fsp3) is 0.462. The summed E-state index contributed by atoms with van der Waals surface area (Å²) in [5.74, 6) is -0.147. The Morgan fingerprint density at radius 3 is 2.40 bits per heavy atom. The van der Waals surface area contributed by atoms with E-state index < -0.39 is 0 Å². The molecule has 1 aliphatic heterocycles. The molecule has 81 valence electrons. The van der Waals surface area contributed by atoms with Gasteiger partial charge in [0.25, 0.3) is 0 Å². The van der Waals surface area contributed by atoms with Gasteiger partial charge in [-0.3, -0.25) is 0 Å². The third-order valence-corrected chi connectivity index (χ3v) is 2.93. The van der Waals surface area contributed by atoms with Crippen molar-refractivity contribution in [1.82, 2.24) is 4.90 Å². The van der Waals surface area contributed by atoms with Crippen LogP contribution < -0.4 is 0 Å². The van der Waals surface area contributed by atoms with Gasteiger partial charge >= 0.3 is 0 Å². The predicted molar refractivity (Wildman–Crippen MR) is 60.1 cm³/mol. The van der Waals surface area contributed by atoms with E-state index in [0.717, 1.165) is 13.0 Å². The number of likely N-dealkylation sites (tertiary alicyclic amines) is 1. The molecule has 0 N–H and O–H groups in total. The van der Waals surface area contributed by atoms with Gasteiger partial charge in [0.2, 0.25) is 0 Å². The lowest BCUT2D eigenvalue weighted by Crippen LogP contribution is -2.31. The second-order valence-corrected chi connectivity index (χ2v) is 4.08. The molecule has 1 nitrogen and oxygen atoms in total. The fourth-order valence-corrected chi connectivity index (χ4v) is 1.97. The summed E-state index contributed by atoms with van der Waals surface area (Å²) < 4.78 is 12.7. The van der Waals surface area contributed by atoms with E-state index in [9.17, 15) is 4.39 Å². The third kappa shape index (κ3) is 3.31. The van der Waals surface area contributed by atoms with E-state index in [1.807, 2.05) is 12.1 Å². The van der Waals surface area contributed by atoms with Gasteiger partial charge in [-0.2, -0.15) is 0 Å². The Labute approximate surface area is 90.9 Å². The molecule has 1 aliphatic rings. The Bertz CT molecular complexity index is 288. The van der Waals surface area contributed by atoms with E-state index in [1.54, 1.807) is 12.1 Å². The molecule has 0 amide bonds. The van der Waals surface area contributed by atoms with Gasteiger partial charge < -0.3 is 4.90 Å². The highest BCUT2D eigenvalue weighted by Gasteiger charge is 2.09. The van der Waals surface area contributed by atoms with E-state index in [1.165, 1.54) is 31.5 Å². The molecule has 1 aromatic rings. The predicted octanol–water partition coefficient (Wildman–Crippen LogP) is 2.67. The molecule has 1 radical (unpaired) electrons. The van der Waals surface area contributed by atoms with Crippen LogP contribution in [0.1, 0.15) is 18.4 Å². The van der Waals surface area contributed by atoms with Crippen molar-refractivity contribution in [3.05, 3.63) is 42.1 Å². The largest absolute Gasteiger partial charge is 0.303 e. The Balaban J connectivity index is 1.79. The second kappa shape index (κ2) is 5.26. The van der Waals surface area contributed by atoms with Gasteiger partial charge in [0.05, 0.1) is 0 Å². The van der Waals surface area contributed by atoms with Crippen LogP contribution in [0.3, 0.4) is 0 Å². The van der Waals surface area contributed by atoms with Crippen LogP contribution in [-0.4, -0.2) is 24.5 Å². The van der Waals surface area contributed by atoms with E-state index in [2.05, 4.69) is 11.3 Å². The molecule has 2 rings (SSSR count). The van der Waals surface area contributed by atoms with Crippen LogP contribution in [0.25, 0.3) is 0 Å². The summed E-state index contributed by atoms with van der Waals surface area (Å²) in [6.07, 6.45) is 5.81. The minimum absolute atomic E-state index is 0.147. The van der Waals surface area contributed by atoms with Crippen molar-refractivity contribution in [2.24, 2.45) is 0 Å². The smallest absolute Gasteiger partial charge is 0.123 e. The summed E-state index contributed by atoms with van der Waals surface area (Å²) in [5, 5.41) is 0. The van der Waals surface area contributed by atoms with Gasteiger partial charge in [-0.05, 0) is 56.5 Å². The first-order valence-corrected chi connectivity index (χ1v) is 5.63. The van der Waals surface area contributed by atoms with E-state index in [-0.39, 0.29) is 5.82 Å². The Hall–Kier alpha value is -0.890. The van der Waals surface area contributed by atoms with Crippen LogP contribution in [0.4, 0.5) is 4.39 Å². The minimum atomic E-state index is -0.147. The molecule has 2 heteroatoms. The van der Waals surface area contributed by atoms with Gasteiger partial charge in [0, 0.05) is 6.54 Å². The summed E-state index contributed by atoms with van der Waals surface area (Å²) in [5.41, 5.74) is 1.23. The number of halogens is 1. The van der Waals surface area contributed by atoms with Crippen LogP contribution in [0.2, 0.25) is 0 Å². The van der Waals surface area contributed by atoms with Crippen molar-refractivity contribution in [2.75, 3.05) is 19.6 Å². The Morgan fingerprint density at radius 2 is 1.73 bits per heavy atom. The van der Waals surface area contributed by atoms with E-state index >= 15 is 0 Å². The Kier molecular flexibility index (Phi) is 3.73.